The van der Waals surface area contributed by atoms with Crippen LogP contribution in [-0.2, 0) is 17.5 Å². The Labute approximate surface area is 146 Å². The van der Waals surface area contributed by atoms with Crippen LogP contribution in [0.1, 0.15) is 31.4 Å². The first-order valence-electron chi connectivity index (χ1n) is 8.40. The normalized spacial score (nSPS) is 17.5. The molecule has 0 aromatic heterocycles. The SMILES string of the molecule is CC[C@H](C)NC(N)=NCc1ccc(N2CCOCC2)cc1C(F)(F)F. The van der Waals surface area contributed by atoms with Gasteiger partial charge in [0.2, 0.25) is 0 Å². The molecule has 1 aliphatic heterocycles. The van der Waals surface area contributed by atoms with Crippen molar-refractivity contribution >= 4 is 11.6 Å². The van der Waals surface area contributed by atoms with Gasteiger partial charge in [-0.3, -0.25) is 0 Å². The van der Waals surface area contributed by atoms with Gasteiger partial charge in [-0.15, -0.1) is 0 Å². The van der Waals surface area contributed by atoms with Crippen molar-refractivity contribution in [2.24, 2.45) is 10.7 Å². The molecule has 8 heteroatoms. The predicted octanol–water partition coefficient (Wildman–Crippen LogP) is 2.74. The Balaban J connectivity index is 2.20. The van der Waals surface area contributed by atoms with Gasteiger partial charge in [-0.2, -0.15) is 13.2 Å². The summed E-state index contributed by atoms with van der Waals surface area (Å²) in [5, 5.41) is 2.95. The predicted molar refractivity (Wildman–Crippen MR) is 92.7 cm³/mol. The minimum Gasteiger partial charge on any atom is -0.378 e. The van der Waals surface area contributed by atoms with Crippen molar-refractivity contribution < 1.29 is 17.9 Å². The molecule has 1 aromatic rings. The Hall–Kier alpha value is -1.96. The number of aliphatic imine (C=N–C) groups is 1. The molecule has 140 valence electrons. The van der Waals surface area contributed by atoms with Crippen molar-refractivity contribution in [3.8, 4) is 0 Å². The maximum atomic E-state index is 13.4. The maximum absolute atomic E-state index is 13.4. The molecular formula is C17H25F3N4O. The van der Waals surface area contributed by atoms with Gasteiger partial charge in [0.25, 0.3) is 0 Å². The van der Waals surface area contributed by atoms with Crippen molar-refractivity contribution in [1.82, 2.24) is 5.32 Å². The van der Waals surface area contributed by atoms with Gasteiger partial charge < -0.3 is 20.7 Å². The lowest BCUT2D eigenvalue weighted by molar-refractivity contribution is -0.138. The molecule has 1 saturated heterocycles. The molecule has 0 saturated carbocycles. The third kappa shape index (κ3) is 5.52. The zero-order valence-corrected chi connectivity index (χ0v) is 14.6. The van der Waals surface area contributed by atoms with E-state index in [4.69, 9.17) is 10.5 Å². The van der Waals surface area contributed by atoms with E-state index in [9.17, 15) is 13.2 Å². The number of hydrogen-bond acceptors (Lipinski definition) is 3. The Kier molecular flexibility index (Phi) is 6.52. The summed E-state index contributed by atoms with van der Waals surface area (Å²) in [4.78, 5) is 5.94. The molecular weight excluding hydrogens is 333 g/mol. The van der Waals surface area contributed by atoms with E-state index in [0.29, 0.717) is 32.0 Å². The highest BCUT2D eigenvalue weighted by Gasteiger charge is 2.34. The minimum absolute atomic E-state index is 0.110. The van der Waals surface area contributed by atoms with Crippen molar-refractivity contribution in [3.63, 3.8) is 0 Å². The van der Waals surface area contributed by atoms with Crippen LogP contribution in [0.5, 0.6) is 0 Å². The van der Waals surface area contributed by atoms with Crippen LogP contribution < -0.4 is 16.0 Å². The fourth-order valence-corrected chi connectivity index (χ4v) is 2.55. The first kappa shape index (κ1) is 19.4. The van der Waals surface area contributed by atoms with Crippen LogP contribution in [0.2, 0.25) is 0 Å². The lowest BCUT2D eigenvalue weighted by Crippen LogP contribution is -2.38. The zero-order valence-electron chi connectivity index (χ0n) is 14.6. The number of halogens is 3. The summed E-state index contributed by atoms with van der Waals surface area (Å²) in [7, 11) is 0. The highest BCUT2D eigenvalue weighted by molar-refractivity contribution is 5.78. The second-order valence-corrected chi connectivity index (χ2v) is 6.09. The van der Waals surface area contributed by atoms with E-state index in [1.54, 1.807) is 6.07 Å². The molecule has 2 rings (SSSR count). The highest BCUT2D eigenvalue weighted by Crippen LogP contribution is 2.35. The van der Waals surface area contributed by atoms with Crippen LogP contribution in [0.25, 0.3) is 0 Å². The quantitative estimate of drug-likeness (QED) is 0.628. The van der Waals surface area contributed by atoms with E-state index >= 15 is 0 Å². The molecule has 3 N–H and O–H groups in total. The van der Waals surface area contributed by atoms with Crippen LogP contribution in [-0.4, -0.2) is 38.3 Å². The molecule has 0 radical (unpaired) electrons. The number of nitrogens with two attached hydrogens (primary N) is 1. The molecule has 1 atom stereocenters. The van der Waals surface area contributed by atoms with E-state index in [1.807, 2.05) is 18.7 Å². The van der Waals surface area contributed by atoms with E-state index < -0.39 is 11.7 Å². The van der Waals surface area contributed by atoms with Gasteiger partial charge in [0, 0.05) is 24.8 Å². The van der Waals surface area contributed by atoms with Crippen molar-refractivity contribution in [2.45, 2.75) is 39.0 Å². The van der Waals surface area contributed by atoms with Gasteiger partial charge in [-0.05, 0) is 31.0 Å². The molecule has 0 unspecified atom stereocenters. The molecule has 0 bridgehead atoms. The molecule has 1 heterocycles. The summed E-state index contributed by atoms with van der Waals surface area (Å²) in [6, 6.07) is 4.49. The number of alkyl halides is 3. The first-order valence-corrected chi connectivity index (χ1v) is 8.40. The average molecular weight is 358 g/mol. The van der Waals surface area contributed by atoms with E-state index in [1.165, 1.54) is 12.1 Å². The Morgan fingerprint density at radius 3 is 2.64 bits per heavy atom. The van der Waals surface area contributed by atoms with Gasteiger partial charge in [0.1, 0.15) is 0 Å². The Morgan fingerprint density at radius 1 is 1.36 bits per heavy atom. The number of hydrogen-bond donors (Lipinski definition) is 2. The second kappa shape index (κ2) is 8.42. The monoisotopic (exact) mass is 358 g/mol. The standard InChI is InChI=1S/C17H25F3N4O/c1-3-12(2)23-16(21)22-11-13-4-5-14(10-15(13)17(18,19)20)24-6-8-25-9-7-24/h4-5,10,12H,3,6-9,11H2,1-2H3,(H3,21,22,23)/t12-/m0/s1. The van der Waals surface area contributed by atoms with Crippen molar-refractivity contribution in [1.29, 1.82) is 0 Å². The Bertz CT molecular complexity index is 598. The molecule has 1 aliphatic rings. The number of benzene rings is 1. The summed E-state index contributed by atoms with van der Waals surface area (Å²) in [5.41, 5.74) is 5.73. The van der Waals surface area contributed by atoms with Crippen LogP contribution in [0.4, 0.5) is 18.9 Å². The molecule has 5 nitrogen and oxygen atoms in total. The number of anilines is 1. The number of nitrogens with zero attached hydrogens (tertiary/aromatic N) is 2. The van der Waals surface area contributed by atoms with E-state index in [0.717, 1.165) is 6.42 Å². The molecule has 0 aliphatic carbocycles. The van der Waals surface area contributed by atoms with E-state index in [-0.39, 0.29) is 24.1 Å². The third-order valence-electron chi connectivity index (χ3n) is 4.20. The average Bonchev–Trinajstić information content (AvgIpc) is 2.59. The van der Waals surface area contributed by atoms with Crippen LogP contribution >= 0.6 is 0 Å². The third-order valence-corrected chi connectivity index (χ3v) is 4.20. The number of rotatable bonds is 5. The number of guanidine groups is 1. The van der Waals surface area contributed by atoms with Crippen LogP contribution in [0.15, 0.2) is 23.2 Å². The molecule has 1 aromatic carbocycles. The van der Waals surface area contributed by atoms with Crippen molar-refractivity contribution in [3.05, 3.63) is 29.3 Å². The lowest BCUT2D eigenvalue weighted by Gasteiger charge is -2.29. The Morgan fingerprint density at radius 2 is 2.04 bits per heavy atom. The summed E-state index contributed by atoms with van der Waals surface area (Å²) in [6.07, 6.45) is -3.59. The molecule has 0 amide bonds. The molecule has 25 heavy (non-hydrogen) atoms. The maximum Gasteiger partial charge on any atom is 0.416 e. The summed E-state index contributed by atoms with van der Waals surface area (Å²) in [5.74, 6) is 0.153. The first-order chi connectivity index (χ1) is 11.8. The molecule has 0 spiro atoms. The van der Waals surface area contributed by atoms with Gasteiger partial charge in [0.15, 0.2) is 5.96 Å². The zero-order chi connectivity index (χ0) is 18.4. The summed E-state index contributed by atoms with van der Waals surface area (Å²) >= 11 is 0. The van der Waals surface area contributed by atoms with Crippen molar-refractivity contribution in [2.75, 3.05) is 31.2 Å². The van der Waals surface area contributed by atoms with Gasteiger partial charge in [0.05, 0.1) is 25.3 Å². The van der Waals surface area contributed by atoms with Crippen LogP contribution in [0, 0.1) is 0 Å². The molecule has 1 fully saturated rings. The highest BCUT2D eigenvalue weighted by atomic mass is 19.4. The van der Waals surface area contributed by atoms with Crippen LogP contribution in [0.3, 0.4) is 0 Å². The topological polar surface area (TPSA) is 62.9 Å². The fourth-order valence-electron chi connectivity index (χ4n) is 2.55. The summed E-state index contributed by atoms with van der Waals surface area (Å²) in [6.45, 7) is 6.00. The van der Waals surface area contributed by atoms with Gasteiger partial charge in [-0.1, -0.05) is 13.0 Å². The largest absolute Gasteiger partial charge is 0.416 e. The number of nitrogens with one attached hydrogen (secondary N) is 1. The minimum atomic E-state index is -4.44. The second-order valence-electron chi connectivity index (χ2n) is 6.09. The van der Waals surface area contributed by atoms with E-state index in [2.05, 4.69) is 10.3 Å². The van der Waals surface area contributed by atoms with Gasteiger partial charge >= 0.3 is 6.18 Å². The smallest absolute Gasteiger partial charge is 0.378 e. The lowest BCUT2D eigenvalue weighted by atomic mass is 10.1. The summed E-state index contributed by atoms with van der Waals surface area (Å²) < 4.78 is 45.6. The number of morpholine rings is 1. The van der Waals surface area contributed by atoms with Gasteiger partial charge in [-0.25, -0.2) is 4.99 Å². The fraction of sp³-hybridized carbons (Fsp3) is 0.588. The number of ether oxygens (including phenoxy) is 1.